The zero-order valence-corrected chi connectivity index (χ0v) is 15.5. The van der Waals surface area contributed by atoms with Crippen LogP contribution in [0.25, 0.3) is 0 Å². The van der Waals surface area contributed by atoms with Gasteiger partial charge < -0.3 is 10.2 Å². The van der Waals surface area contributed by atoms with Gasteiger partial charge in [-0.05, 0) is 61.4 Å². The zero-order chi connectivity index (χ0) is 18.6. The third-order valence-electron chi connectivity index (χ3n) is 5.83. The Morgan fingerprint density at radius 1 is 1.04 bits per heavy atom. The summed E-state index contributed by atoms with van der Waals surface area (Å²) < 4.78 is 13.3. The lowest BCUT2D eigenvalue weighted by molar-refractivity contribution is 0.0921. The SMILES string of the molecule is O=C(NC(c1ccc(F)cc1)C1CCCC1)c1ccc(N2CCCC2)nc1. The van der Waals surface area contributed by atoms with Gasteiger partial charge in [-0.15, -0.1) is 0 Å². The van der Waals surface area contributed by atoms with E-state index < -0.39 is 0 Å². The minimum Gasteiger partial charge on any atom is -0.357 e. The Bertz CT molecular complexity index is 763. The molecule has 0 spiro atoms. The van der Waals surface area contributed by atoms with Crippen LogP contribution in [0.15, 0.2) is 42.6 Å². The number of hydrogen-bond donors (Lipinski definition) is 1. The van der Waals surface area contributed by atoms with Gasteiger partial charge in [0.1, 0.15) is 11.6 Å². The van der Waals surface area contributed by atoms with Gasteiger partial charge in [0.05, 0.1) is 11.6 Å². The van der Waals surface area contributed by atoms with Crippen molar-refractivity contribution in [2.45, 2.75) is 44.6 Å². The number of anilines is 1. The standard InChI is InChI=1S/C22H26FN3O/c23-19-10-7-17(8-11-19)21(16-5-1-2-6-16)25-22(27)18-9-12-20(24-15-18)26-13-3-4-14-26/h7-12,15-16,21H,1-6,13-14H2,(H,25,27). The fourth-order valence-corrected chi connectivity index (χ4v) is 4.31. The first-order valence-corrected chi connectivity index (χ1v) is 9.98. The van der Waals surface area contributed by atoms with E-state index in [0.717, 1.165) is 37.3 Å². The summed E-state index contributed by atoms with van der Waals surface area (Å²) in [7, 11) is 0. The third kappa shape index (κ3) is 4.12. The van der Waals surface area contributed by atoms with Crippen LogP contribution in [0.2, 0.25) is 0 Å². The van der Waals surface area contributed by atoms with Crippen LogP contribution in [0.4, 0.5) is 10.2 Å². The lowest BCUT2D eigenvalue weighted by Gasteiger charge is -2.25. The largest absolute Gasteiger partial charge is 0.357 e. The second-order valence-electron chi connectivity index (χ2n) is 7.65. The van der Waals surface area contributed by atoms with Crippen LogP contribution in [-0.4, -0.2) is 24.0 Å². The molecule has 2 aliphatic rings. The number of rotatable bonds is 5. The van der Waals surface area contributed by atoms with Crippen molar-refractivity contribution in [2.24, 2.45) is 5.92 Å². The summed E-state index contributed by atoms with van der Waals surface area (Å²) in [6, 6.07) is 10.2. The molecule has 1 atom stereocenters. The van der Waals surface area contributed by atoms with Gasteiger partial charge in [0.15, 0.2) is 0 Å². The molecule has 0 radical (unpaired) electrons. The first-order chi connectivity index (χ1) is 13.2. The van der Waals surface area contributed by atoms with E-state index in [1.54, 1.807) is 18.3 Å². The Labute approximate surface area is 159 Å². The summed E-state index contributed by atoms with van der Waals surface area (Å²) in [5, 5.41) is 3.19. The number of nitrogens with one attached hydrogen (secondary N) is 1. The van der Waals surface area contributed by atoms with E-state index in [1.165, 1.54) is 37.8 Å². The smallest absolute Gasteiger partial charge is 0.253 e. The van der Waals surface area contributed by atoms with Gasteiger partial charge in [-0.1, -0.05) is 25.0 Å². The molecule has 27 heavy (non-hydrogen) atoms. The molecule has 2 heterocycles. The van der Waals surface area contributed by atoms with E-state index in [0.29, 0.717) is 11.5 Å². The Morgan fingerprint density at radius 3 is 2.37 bits per heavy atom. The van der Waals surface area contributed by atoms with Gasteiger partial charge in [-0.2, -0.15) is 0 Å². The minimum atomic E-state index is -0.253. The van der Waals surface area contributed by atoms with Gasteiger partial charge in [-0.25, -0.2) is 9.37 Å². The number of pyridine rings is 1. The van der Waals surface area contributed by atoms with Gasteiger partial charge in [0.2, 0.25) is 0 Å². The van der Waals surface area contributed by atoms with Crippen molar-refractivity contribution >= 4 is 11.7 Å². The van der Waals surface area contributed by atoms with Gasteiger partial charge >= 0.3 is 0 Å². The molecule has 2 aromatic rings. The lowest BCUT2D eigenvalue weighted by Crippen LogP contribution is -2.33. The van der Waals surface area contributed by atoms with E-state index in [1.807, 2.05) is 12.1 Å². The Balaban J connectivity index is 1.49. The van der Waals surface area contributed by atoms with Crippen molar-refractivity contribution in [1.29, 1.82) is 0 Å². The molecule has 1 N–H and O–H groups in total. The Hall–Kier alpha value is -2.43. The van der Waals surface area contributed by atoms with Crippen LogP contribution in [0, 0.1) is 11.7 Å². The molecule has 1 aliphatic carbocycles. The quantitative estimate of drug-likeness (QED) is 0.847. The summed E-state index contributed by atoms with van der Waals surface area (Å²) in [6.07, 6.45) is 8.62. The van der Waals surface area contributed by atoms with Gasteiger partial charge in [0.25, 0.3) is 5.91 Å². The highest BCUT2D eigenvalue weighted by atomic mass is 19.1. The Kier molecular flexibility index (Phi) is 5.37. The van der Waals surface area contributed by atoms with E-state index in [9.17, 15) is 9.18 Å². The van der Waals surface area contributed by atoms with Crippen molar-refractivity contribution < 1.29 is 9.18 Å². The fourth-order valence-electron chi connectivity index (χ4n) is 4.31. The van der Waals surface area contributed by atoms with Crippen molar-refractivity contribution in [3.8, 4) is 0 Å². The molecule has 0 bridgehead atoms. The summed E-state index contributed by atoms with van der Waals surface area (Å²) in [5.41, 5.74) is 1.54. The molecular weight excluding hydrogens is 341 g/mol. The number of aromatic nitrogens is 1. The number of nitrogens with zero attached hydrogens (tertiary/aromatic N) is 2. The highest BCUT2D eigenvalue weighted by Gasteiger charge is 2.28. The summed E-state index contributed by atoms with van der Waals surface area (Å²) in [6.45, 7) is 2.07. The average molecular weight is 367 g/mol. The van der Waals surface area contributed by atoms with E-state index in [4.69, 9.17) is 0 Å². The maximum Gasteiger partial charge on any atom is 0.253 e. The minimum absolute atomic E-state index is 0.0844. The Morgan fingerprint density at radius 2 is 1.74 bits per heavy atom. The number of carbonyl (C=O) groups excluding carboxylic acids is 1. The topological polar surface area (TPSA) is 45.2 Å². The second kappa shape index (κ2) is 8.07. The van der Waals surface area contributed by atoms with E-state index >= 15 is 0 Å². The van der Waals surface area contributed by atoms with Crippen molar-refractivity contribution in [3.63, 3.8) is 0 Å². The third-order valence-corrected chi connectivity index (χ3v) is 5.83. The highest BCUT2D eigenvalue weighted by molar-refractivity contribution is 5.94. The number of amides is 1. The van der Waals surface area contributed by atoms with Crippen molar-refractivity contribution in [3.05, 3.63) is 59.5 Å². The zero-order valence-electron chi connectivity index (χ0n) is 15.5. The summed E-state index contributed by atoms with van der Waals surface area (Å²) >= 11 is 0. The van der Waals surface area contributed by atoms with E-state index in [-0.39, 0.29) is 17.8 Å². The first-order valence-electron chi connectivity index (χ1n) is 9.98. The highest BCUT2D eigenvalue weighted by Crippen LogP contribution is 2.36. The van der Waals surface area contributed by atoms with Crippen LogP contribution in [0.5, 0.6) is 0 Å². The van der Waals surface area contributed by atoms with Crippen LogP contribution in [0.3, 0.4) is 0 Å². The maximum atomic E-state index is 13.3. The summed E-state index contributed by atoms with van der Waals surface area (Å²) in [5.74, 6) is 0.972. The molecule has 1 saturated carbocycles. The molecule has 1 saturated heterocycles. The molecule has 1 aromatic carbocycles. The van der Waals surface area contributed by atoms with Crippen LogP contribution in [-0.2, 0) is 0 Å². The van der Waals surface area contributed by atoms with Crippen LogP contribution in [0.1, 0.15) is 60.5 Å². The average Bonchev–Trinajstić information content (AvgIpc) is 3.41. The number of benzene rings is 1. The molecule has 5 heteroatoms. The fraction of sp³-hybridized carbons (Fsp3) is 0.455. The number of halogens is 1. The molecule has 142 valence electrons. The molecule has 1 aliphatic heterocycles. The molecule has 4 rings (SSSR count). The van der Waals surface area contributed by atoms with E-state index in [2.05, 4.69) is 15.2 Å². The summed E-state index contributed by atoms with van der Waals surface area (Å²) in [4.78, 5) is 19.6. The van der Waals surface area contributed by atoms with Crippen molar-refractivity contribution in [2.75, 3.05) is 18.0 Å². The van der Waals surface area contributed by atoms with Crippen LogP contribution < -0.4 is 10.2 Å². The monoisotopic (exact) mass is 367 g/mol. The molecule has 1 aromatic heterocycles. The number of carbonyl (C=O) groups is 1. The van der Waals surface area contributed by atoms with Crippen molar-refractivity contribution in [1.82, 2.24) is 10.3 Å². The van der Waals surface area contributed by atoms with Gasteiger partial charge in [0, 0.05) is 19.3 Å². The predicted octanol–water partition coefficient (Wildman–Crippen LogP) is 4.48. The first kappa shape index (κ1) is 18.0. The normalized spacial score (nSPS) is 18.6. The van der Waals surface area contributed by atoms with Crippen LogP contribution >= 0.6 is 0 Å². The number of hydrogen-bond acceptors (Lipinski definition) is 3. The lowest BCUT2D eigenvalue weighted by atomic mass is 9.91. The van der Waals surface area contributed by atoms with Gasteiger partial charge in [-0.3, -0.25) is 4.79 Å². The molecular formula is C22H26FN3O. The molecule has 1 unspecified atom stereocenters. The molecule has 4 nitrogen and oxygen atoms in total. The second-order valence-corrected chi connectivity index (χ2v) is 7.65. The molecule has 1 amide bonds. The maximum absolute atomic E-state index is 13.3. The predicted molar refractivity (Wildman–Crippen MR) is 104 cm³/mol. The molecule has 2 fully saturated rings.